The second-order valence-electron chi connectivity index (χ2n) is 5.13. The predicted molar refractivity (Wildman–Crippen MR) is 75.6 cm³/mol. The normalized spacial score (nSPS) is 21.2. The smallest absolute Gasteiger partial charge is 0.171 e. The summed E-state index contributed by atoms with van der Waals surface area (Å²) in [4.78, 5) is 2.33. The molecule has 5 nitrogen and oxygen atoms in total. The maximum Gasteiger partial charge on any atom is 0.171 e. The molecule has 0 unspecified atom stereocenters. The third-order valence-corrected chi connectivity index (χ3v) is 4.07. The average molecular weight is 279 g/mol. The highest BCUT2D eigenvalue weighted by Gasteiger charge is 2.39. The minimum Gasteiger partial charge on any atom is -0.493 e. The van der Waals surface area contributed by atoms with E-state index in [4.69, 9.17) is 18.9 Å². The van der Waals surface area contributed by atoms with Crippen molar-refractivity contribution >= 4 is 5.69 Å². The van der Waals surface area contributed by atoms with Crippen LogP contribution in [0.3, 0.4) is 0 Å². The highest BCUT2D eigenvalue weighted by Crippen LogP contribution is 2.36. The number of rotatable bonds is 3. The minimum atomic E-state index is -0.326. The molecule has 5 heteroatoms. The Morgan fingerprint density at radius 1 is 1.00 bits per heavy atom. The molecule has 2 fully saturated rings. The fourth-order valence-electron chi connectivity index (χ4n) is 2.91. The molecule has 2 aliphatic heterocycles. The molecular weight excluding hydrogens is 258 g/mol. The number of benzene rings is 1. The van der Waals surface area contributed by atoms with Crippen molar-refractivity contribution in [2.75, 3.05) is 45.4 Å². The number of ether oxygens (including phenoxy) is 4. The molecule has 0 aliphatic carbocycles. The van der Waals surface area contributed by atoms with Crippen LogP contribution in [-0.2, 0) is 9.47 Å². The molecule has 110 valence electrons. The molecule has 1 spiro atoms. The van der Waals surface area contributed by atoms with Gasteiger partial charge in [0.25, 0.3) is 0 Å². The van der Waals surface area contributed by atoms with Crippen LogP contribution in [0.25, 0.3) is 0 Å². The lowest BCUT2D eigenvalue weighted by molar-refractivity contribution is -0.169. The van der Waals surface area contributed by atoms with Crippen LogP contribution in [0.1, 0.15) is 12.8 Å². The lowest BCUT2D eigenvalue weighted by Gasteiger charge is -2.38. The zero-order valence-electron chi connectivity index (χ0n) is 12.1. The topological polar surface area (TPSA) is 40.2 Å². The highest BCUT2D eigenvalue weighted by atomic mass is 16.7. The van der Waals surface area contributed by atoms with E-state index in [0.29, 0.717) is 0 Å². The zero-order valence-corrected chi connectivity index (χ0v) is 12.1. The van der Waals surface area contributed by atoms with Crippen LogP contribution >= 0.6 is 0 Å². The summed E-state index contributed by atoms with van der Waals surface area (Å²) in [5.74, 6) is 1.19. The number of anilines is 1. The molecule has 1 aromatic rings. The Balaban J connectivity index is 1.71. The first-order valence-electron chi connectivity index (χ1n) is 7.01. The van der Waals surface area contributed by atoms with Crippen molar-refractivity contribution in [1.82, 2.24) is 0 Å². The van der Waals surface area contributed by atoms with Crippen LogP contribution < -0.4 is 14.4 Å². The van der Waals surface area contributed by atoms with E-state index in [1.807, 2.05) is 12.1 Å². The summed E-state index contributed by atoms with van der Waals surface area (Å²) in [6, 6.07) is 6.03. The van der Waals surface area contributed by atoms with Gasteiger partial charge in [-0.1, -0.05) is 0 Å². The van der Waals surface area contributed by atoms with Crippen molar-refractivity contribution < 1.29 is 18.9 Å². The zero-order chi connectivity index (χ0) is 14.0. The summed E-state index contributed by atoms with van der Waals surface area (Å²) in [7, 11) is 3.31. The van der Waals surface area contributed by atoms with E-state index < -0.39 is 0 Å². The Morgan fingerprint density at radius 3 is 2.25 bits per heavy atom. The molecule has 0 amide bonds. The molecule has 3 rings (SSSR count). The summed E-state index contributed by atoms with van der Waals surface area (Å²) in [6.45, 7) is 3.29. The molecule has 0 bridgehead atoms. The lowest BCUT2D eigenvalue weighted by Crippen LogP contribution is -2.45. The maximum atomic E-state index is 5.75. The summed E-state index contributed by atoms with van der Waals surface area (Å²) < 4.78 is 22.1. The molecule has 0 atom stereocenters. The van der Waals surface area contributed by atoms with Gasteiger partial charge in [-0.2, -0.15) is 0 Å². The van der Waals surface area contributed by atoms with E-state index in [9.17, 15) is 0 Å². The van der Waals surface area contributed by atoms with Crippen LogP contribution in [0.15, 0.2) is 18.2 Å². The van der Waals surface area contributed by atoms with E-state index in [2.05, 4.69) is 11.0 Å². The van der Waals surface area contributed by atoms with Crippen molar-refractivity contribution in [3.63, 3.8) is 0 Å². The third kappa shape index (κ3) is 2.43. The van der Waals surface area contributed by atoms with Crippen LogP contribution in [0.4, 0.5) is 5.69 Å². The Bertz CT molecular complexity index is 461. The number of methoxy groups -OCH3 is 2. The van der Waals surface area contributed by atoms with Gasteiger partial charge in [-0.3, -0.25) is 0 Å². The van der Waals surface area contributed by atoms with Gasteiger partial charge in [-0.15, -0.1) is 0 Å². The van der Waals surface area contributed by atoms with Gasteiger partial charge in [0.05, 0.1) is 27.4 Å². The second kappa shape index (κ2) is 5.50. The van der Waals surface area contributed by atoms with Gasteiger partial charge in [0.2, 0.25) is 0 Å². The first-order valence-corrected chi connectivity index (χ1v) is 7.01. The van der Waals surface area contributed by atoms with Gasteiger partial charge in [-0.05, 0) is 12.1 Å². The van der Waals surface area contributed by atoms with Crippen molar-refractivity contribution in [3.05, 3.63) is 18.2 Å². The van der Waals surface area contributed by atoms with Crippen molar-refractivity contribution in [2.24, 2.45) is 0 Å². The molecule has 0 aromatic heterocycles. The minimum absolute atomic E-state index is 0.326. The largest absolute Gasteiger partial charge is 0.493 e. The number of nitrogens with zero attached hydrogens (tertiary/aromatic N) is 1. The molecule has 2 saturated heterocycles. The number of hydrogen-bond donors (Lipinski definition) is 0. The van der Waals surface area contributed by atoms with E-state index in [1.165, 1.54) is 0 Å². The van der Waals surface area contributed by atoms with Crippen LogP contribution in [0.5, 0.6) is 11.5 Å². The van der Waals surface area contributed by atoms with E-state index in [0.717, 1.165) is 56.3 Å². The molecule has 0 N–H and O–H groups in total. The van der Waals surface area contributed by atoms with Crippen molar-refractivity contribution in [3.8, 4) is 11.5 Å². The monoisotopic (exact) mass is 279 g/mol. The number of piperidine rings is 1. The Labute approximate surface area is 119 Å². The molecular formula is C15H21NO4. The Kier molecular flexibility index (Phi) is 3.72. The lowest BCUT2D eigenvalue weighted by atomic mass is 10.0. The van der Waals surface area contributed by atoms with E-state index >= 15 is 0 Å². The predicted octanol–water partition coefficient (Wildman–Crippen LogP) is 2.05. The quantitative estimate of drug-likeness (QED) is 0.847. The van der Waals surface area contributed by atoms with Crippen molar-refractivity contribution in [1.29, 1.82) is 0 Å². The summed E-state index contributed by atoms with van der Waals surface area (Å²) in [6.07, 6.45) is 1.81. The fraction of sp³-hybridized carbons (Fsp3) is 0.600. The van der Waals surface area contributed by atoms with Crippen molar-refractivity contribution in [2.45, 2.75) is 18.6 Å². The molecule has 0 radical (unpaired) electrons. The van der Waals surface area contributed by atoms with Gasteiger partial charge < -0.3 is 23.8 Å². The van der Waals surface area contributed by atoms with Gasteiger partial charge in [0.1, 0.15) is 0 Å². The first kappa shape index (κ1) is 13.5. The SMILES string of the molecule is COc1ccc(N2CCC3(CC2)OCCO3)cc1OC. The van der Waals surface area contributed by atoms with Crippen LogP contribution in [0.2, 0.25) is 0 Å². The number of hydrogen-bond acceptors (Lipinski definition) is 5. The summed E-state index contributed by atoms with van der Waals surface area (Å²) >= 11 is 0. The molecule has 2 heterocycles. The first-order chi connectivity index (χ1) is 9.76. The van der Waals surface area contributed by atoms with E-state index in [1.54, 1.807) is 14.2 Å². The summed E-state index contributed by atoms with van der Waals surface area (Å²) in [5, 5.41) is 0. The van der Waals surface area contributed by atoms with Gasteiger partial charge in [0, 0.05) is 37.7 Å². The van der Waals surface area contributed by atoms with Gasteiger partial charge >= 0.3 is 0 Å². The molecule has 2 aliphatic rings. The highest BCUT2D eigenvalue weighted by molar-refractivity contribution is 5.56. The van der Waals surface area contributed by atoms with Gasteiger partial charge in [-0.25, -0.2) is 0 Å². The van der Waals surface area contributed by atoms with E-state index in [-0.39, 0.29) is 5.79 Å². The molecule has 0 saturated carbocycles. The average Bonchev–Trinajstić information content (AvgIpc) is 2.95. The fourth-order valence-corrected chi connectivity index (χ4v) is 2.91. The maximum absolute atomic E-state index is 5.75. The third-order valence-electron chi connectivity index (χ3n) is 4.07. The second-order valence-corrected chi connectivity index (χ2v) is 5.13. The summed E-state index contributed by atoms with van der Waals surface area (Å²) in [5.41, 5.74) is 1.15. The molecule has 1 aromatic carbocycles. The van der Waals surface area contributed by atoms with Crippen LogP contribution in [0, 0.1) is 0 Å². The molecule has 20 heavy (non-hydrogen) atoms. The van der Waals surface area contributed by atoms with Gasteiger partial charge in [0.15, 0.2) is 17.3 Å². The Hall–Kier alpha value is -1.46. The standard InChI is InChI=1S/C15H21NO4/c1-17-13-4-3-12(11-14(13)18-2)16-7-5-15(6-8-16)19-9-10-20-15/h3-4,11H,5-10H2,1-2H3. The van der Waals surface area contributed by atoms with Crippen LogP contribution in [-0.4, -0.2) is 46.3 Å². The Morgan fingerprint density at radius 2 is 1.65 bits per heavy atom.